The first-order chi connectivity index (χ1) is 10.8. The fraction of sp³-hybridized carbons (Fsp3) is 0.400. The van der Waals surface area contributed by atoms with E-state index in [1.807, 2.05) is 16.7 Å². The fourth-order valence-electron chi connectivity index (χ4n) is 3.15. The second-order valence-corrected chi connectivity index (χ2v) is 6.44. The van der Waals surface area contributed by atoms with E-state index in [0.29, 0.717) is 12.4 Å². The molecule has 0 atom stereocenters. The van der Waals surface area contributed by atoms with Gasteiger partial charge in [0.05, 0.1) is 5.69 Å². The van der Waals surface area contributed by atoms with Gasteiger partial charge in [0.15, 0.2) is 11.6 Å². The molecule has 1 fully saturated rings. The average Bonchev–Trinajstić information content (AvgIpc) is 3.15. The molecule has 0 bridgehead atoms. The summed E-state index contributed by atoms with van der Waals surface area (Å²) in [5, 5.41) is 17.8. The van der Waals surface area contributed by atoms with Crippen LogP contribution in [0.3, 0.4) is 0 Å². The summed E-state index contributed by atoms with van der Waals surface area (Å²) < 4.78 is 2.94. The second kappa shape index (κ2) is 5.48. The van der Waals surface area contributed by atoms with E-state index in [-0.39, 0.29) is 6.61 Å². The molecule has 6 nitrogen and oxygen atoms in total. The lowest BCUT2D eigenvalue weighted by molar-refractivity contribution is 0.268. The highest BCUT2D eigenvalue weighted by molar-refractivity contribution is 9.10. The molecule has 7 heteroatoms. The van der Waals surface area contributed by atoms with Crippen molar-refractivity contribution in [2.75, 3.05) is 13.1 Å². The van der Waals surface area contributed by atoms with Crippen LogP contribution in [0.5, 0.6) is 0 Å². The van der Waals surface area contributed by atoms with Crippen molar-refractivity contribution in [3.05, 3.63) is 39.9 Å². The molecule has 4 rings (SSSR count). The largest absolute Gasteiger partial charge is 0.388 e. The molecule has 2 aromatic rings. The van der Waals surface area contributed by atoms with Gasteiger partial charge in [-0.1, -0.05) is 15.9 Å². The van der Waals surface area contributed by atoms with Crippen molar-refractivity contribution in [2.24, 2.45) is 4.99 Å². The van der Waals surface area contributed by atoms with Crippen molar-refractivity contribution >= 4 is 21.8 Å². The van der Waals surface area contributed by atoms with Crippen LogP contribution >= 0.6 is 15.9 Å². The van der Waals surface area contributed by atoms with E-state index in [1.54, 1.807) is 0 Å². The van der Waals surface area contributed by atoms with Crippen LogP contribution in [0.25, 0.3) is 5.69 Å². The molecular formula is C15H16BrN5O. The number of aliphatic hydroxyl groups excluding tert-OH is 1. The average molecular weight is 362 g/mol. The van der Waals surface area contributed by atoms with Gasteiger partial charge in [-0.25, -0.2) is 0 Å². The molecule has 0 unspecified atom stereocenters. The van der Waals surface area contributed by atoms with Gasteiger partial charge in [0.2, 0.25) is 0 Å². The molecule has 1 aromatic carbocycles. The van der Waals surface area contributed by atoms with Crippen LogP contribution in [0.2, 0.25) is 0 Å². The number of likely N-dealkylation sites (tertiary alicyclic amines) is 1. The molecule has 1 N–H and O–H groups in total. The molecule has 0 aliphatic carbocycles. The first kappa shape index (κ1) is 13.9. The second-order valence-electron chi connectivity index (χ2n) is 5.52. The summed E-state index contributed by atoms with van der Waals surface area (Å²) in [6.07, 6.45) is 2.41. The van der Waals surface area contributed by atoms with Crippen molar-refractivity contribution < 1.29 is 5.11 Å². The number of halogens is 1. The number of aliphatic hydroxyl groups is 1. The van der Waals surface area contributed by atoms with Gasteiger partial charge < -0.3 is 10.0 Å². The van der Waals surface area contributed by atoms with Crippen LogP contribution < -0.4 is 0 Å². The lowest BCUT2D eigenvalue weighted by atomic mass is 10.1. The van der Waals surface area contributed by atoms with Gasteiger partial charge in [0, 0.05) is 23.1 Å². The predicted molar refractivity (Wildman–Crippen MR) is 86.0 cm³/mol. The number of aliphatic imine (C=N–C) groups is 1. The number of hydrogen-bond acceptors (Lipinski definition) is 5. The minimum Gasteiger partial charge on any atom is -0.388 e. The quantitative estimate of drug-likeness (QED) is 0.841. The maximum Gasteiger partial charge on any atom is 0.163 e. The number of aromatic nitrogens is 3. The molecule has 0 spiro atoms. The summed E-state index contributed by atoms with van der Waals surface area (Å²) in [5.74, 6) is 2.33. The molecule has 1 aromatic heterocycles. The summed E-state index contributed by atoms with van der Waals surface area (Å²) in [5.41, 5.74) is 2.04. The molecule has 22 heavy (non-hydrogen) atoms. The Morgan fingerprint density at radius 3 is 2.77 bits per heavy atom. The first-order valence-electron chi connectivity index (χ1n) is 7.41. The molecule has 2 aliphatic heterocycles. The fourth-order valence-corrected chi connectivity index (χ4v) is 3.51. The van der Waals surface area contributed by atoms with Crippen molar-refractivity contribution in [1.82, 2.24) is 19.7 Å². The molecule has 1 saturated heterocycles. The Morgan fingerprint density at radius 2 is 2.00 bits per heavy atom. The van der Waals surface area contributed by atoms with E-state index in [1.165, 1.54) is 12.8 Å². The van der Waals surface area contributed by atoms with Crippen molar-refractivity contribution in [3.8, 4) is 5.69 Å². The summed E-state index contributed by atoms with van der Waals surface area (Å²) >= 11 is 3.55. The highest BCUT2D eigenvalue weighted by Gasteiger charge is 2.26. The number of nitrogens with zero attached hydrogens (tertiary/aromatic N) is 5. The Balaban J connectivity index is 1.92. The molecule has 0 radical (unpaired) electrons. The topological polar surface area (TPSA) is 66.5 Å². The van der Waals surface area contributed by atoms with Gasteiger partial charge in [-0.15, -0.1) is 10.2 Å². The lowest BCUT2D eigenvalue weighted by Gasteiger charge is -2.21. The number of benzene rings is 1. The number of hydrogen-bond donors (Lipinski definition) is 1. The number of rotatable bonds is 1. The van der Waals surface area contributed by atoms with E-state index in [0.717, 1.165) is 40.5 Å². The summed E-state index contributed by atoms with van der Waals surface area (Å²) in [4.78, 5) is 7.13. The number of fused-ring (bicyclic) bond motifs is 3. The Kier molecular flexibility index (Phi) is 3.46. The maximum absolute atomic E-state index is 9.55. The van der Waals surface area contributed by atoms with Crippen molar-refractivity contribution in [2.45, 2.75) is 26.0 Å². The molecular weight excluding hydrogens is 346 g/mol. The molecule has 114 valence electrons. The third-order valence-electron chi connectivity index (χ3n) is 4.15. The predicted octanol–water partition coefficient (Wildman–Crippen LogP) is 1.88. The molecule has 3 heterocycles. The Hall–Kier alpha value is -1.73. The summed E-state index contributed by atoms with van der Waals surface area (Å²) in [6.45, 7) is 2.42. The van der Waals surface area contributed by atoms with Crippen molar-refractivity contribution in [3.63, 3.8) is 0 Å². The van der Waals surface area contributed by atoms with Crippen LogP contribution in [0.15, 0.2) is 27.7 Å². The van der Waals surface area contributed by atoms with Gasteiger partial charge in [0.1, 0.15) is 19.0 Å². The Morgan fingerprint density at radius 1 is 1.18 bits per heavy atom. The third kappa shape index (κ3) is 2.16. The van der Waals surface area contributed by atoms with Gasteiger partial charge >= 0.3 is 0 Å². The van der Waals surface area contributed by atoms with Crippen LogP contribution in [-0.4, -0.2) is 43.7 Å². The molecule has 0 amide bonds. The minimum absolute atomic E-state index is 0.137. The Labute approximate surface area is 136 Å². The molecule has 0 saturated carbocycles. The van der Waals surface area contributed by atoms with E-state index in [2.05, 4.69) is 37.1 Å². The zero-order valence-corrected chi connectivity index (χ0v) is 13.6. The lowest BCUT2D eigenvalue weighted by Crippen LogP contribution is -2.29. The summed E-state index contributed by atoms with van der Waals surface area (Å²) in [6, 6.07) is 6.11. The SMILES string of the molecule is OCc1nnc2n1-c1ccc(Br)cc1C(N1CCCC1)=NC2. The highest BCUT2D eigenvalue weighted by atomic mass is 79.9. The standard InChI is InChI=1S/C15H16BrN5O/c16-10-3-4-12-11(7-10)15(20-5-1-2-6-20)17-8-13-18-19-14(9-22)21(12)13/h3-4,7,22H,1-2,5-6,8-9H2. The van der Waals surface area contributed by atoms with Gasteiger partial charge in [0.25, 0.3) is 0 Å². The number of amidine groups is 1. The molecule has 2 aliphatic rings. The first-order valence-corrected chi connectivity index (χ1v) is 8.21. The van der Waals surface area contributed by atoms with E-state index < -0.39 is 0 Å². The zero-order valence-electron chi connectivity index (χ0n) is 12.0. The normalized spacial score (nSPS) is 17.0. The maximum atomic E-state index is 9.55. The highest BCUT2D eigenvalue weighted by Crippen LogP contribution is 2.28. The van der Waals surface area contributed by atoms with E-state index >= 15 is 0 Å². The van der Waals surface area contributed by atoms with E-state index in [4.69, 9.17) is 4.99 Å². The van der Waals surface area contributed by atoms with Gasteiger partial charge in [-0.3, -0.25) is 9.56 Å². The van der Waals surface area contributed by atoms with Crippen LogP contribution in [0.4, 0.5) is 0 Å². The Bertz CT molecular complexity index is 748. The summed E-state index contributed by atoms with van der Waals surface area (Å²) in [7, 11) is 0. The van der Waals surface area contributed by atoms with E-state index in [9.17, 15) is 5.11 Å². The minimum atomic E-state index is -0.137. The smallest absolute Gasteiger partial charge is 0.163 e. The van der Waals surface area contributed by atoms with Crippen LogP contribution in [0.1, 0.15) is 30.1 Å². The van der Waals surface area contributed by atoms with Gasteiger partial charge in [-0.05, 0) is 31.0 Å². The monoisotopic (exact) mass is 361 g/mol. The van der Waals surface area contributed by atoms with Gasteiger partial charge in [-0.2, -0.15) is 0 Å². The van der Waals surface area contributed by atoms with Crippen molar-refractivity contribution in [1.29, 1.82) is 0 Å². The van der Waals surface area contributed by atoms with Crippen LogP contribution in [0, 0.1) is 0 Å². The zero-order chi connectivity index (χ0) is 15.1. The third-order valence-corrected chi connectivity index (χ3v) is 4.65. The van der Waals surface area contributed by atoms with Crippen LogP contribution in [-0.2, 0) is 13.2 Å².